The fourth-order valence-electron chi connectivity index (χ4n) is 1.49. The van der Waals surface area contributed by atoms with Crippen LogP contribution in [0.2, 0.25) is 18.1 Å². The first-order chi connectivity index (χ1) is 10.7. The summed E-state index contributed by atoms with van der Waals surface area (Å²) in [6, 6.07) is 0. The summed E-state index contributed by atoms with van der Waals surface area (Å²) in [6.07, 6.45) is 7.84. The number of aliphatic hydroxyl groups excluding tert-OH is 1. The lowest BCUT2D eigenvalue weighted by Gasteiger charge is -2.35. The molecule has 0 heterocycles. The highest BCUT2D eigenvalue weighted by atomic mass is 28.4. The molecule has 0 aromatic carbocycles. The van der Waals surface area contributed by atoms with Gasteiger partial charge in [0.1, 0.15) is 0 Å². The van der Waals surface area contributed by atoms with Crippen molar-refractivity contribution < 1.29 is 9.53 Å². The molecule has 130 valence electrons. The lowest BCUT2D eigenvalue weighted by atomic mass is 10.2. The maximum Gasteiger partial charge on any atom is 0.193 e. The number of allylic oxidation sites excluding steroid dienone is 1. The maximum absolute atomic E-state index is 9.76. The van der Waals surface area contributed by atoms with Crippen LogP contribution in [0.15, 0.2) is 12.2 Å². The Labute approximate surface area is 144 Å². The largest absolute Gasteiger partial charge is 0.406 e. The van der Waals surface area contributed by atoms with E-state index in [0.29, 0.717) is 13.0 Å². The molecular formula is C20H34O2Si. The van der Waals surface area contributed by atoms with Crippen molar-refractivity contribution in [2.75, 3.05) is 6.61 Å². The quantitative estimate of drug-likeness (QED) is 0.407. The second-order valence-electron chi connectivity index (χ2n) is 7.31. The summed E-state index contributed by atoms with van der Waals surface area (Å²) in [7, 11) is -1.71. The summed E-state index contributed by atoms with van der Waals surface area (Å²) in [6.45, 7) is 13.7. The topological polar surface area (TPSA) is 29.5 Å². The fourth-order valence-corrected chi connectivity index (χ4v) is 2.36. The average molecular weight is 335 g/mol. The molecule has 0 spiro atoms. The molecule has 0 amide bonds. The molecule has 0 aromatic rings. The van der Waals surface area contributed by atoms with E-state index in [9.17, 15) is 5.11 Å². The van der Waals surface area contributed by atoms with Crippen molar-refractivity contribution in [2.45, 2.75) is 84.0 Å². The van der Waals surface area contributed by atoms with Gasteiger partial charge in [0.15, 0.2) is 8.32 Å². The Morgan fingerprint density at radius 1 is 1.13 bits per heavy atom. The normalized spacial score (nSPS) is 13.2. The number of hydrogen-bond donors (Lipinski definition) is 1. The Morgan fingerprint density at radius 3 is 2.43 bits per heavy atom. The van der Waals surface area contributed by atoms with Gasteiger partial charge in [-0.2, -0.15) is 0 Å². The first-order valence-corrected chi connectivity index (χ1v) is 11.5. The molecule has 1 atom stereocenters. The van der Waals surface area contributed by atoms with E-state index in [1.807, 2.05) is 0 Å². The van der Waals surface area contributed by atoms with Gasteiger partial charge in [0.25, 0.3) is 0 Å². The van der Waals surface area contributed by atoms with Crippen LogP contribution in [0.25, 0.3) is 0 Å². The molecule has 0 saturated carbocycles. The Hall–Kier alpha value is -1.00. The monoisotopic (exact) mass is 334 g/mol. The van der Waals surface area contributed by atoms with Crippen molar-refractivity contribution in [1.82, 2.24) is 0 Å². The Kier molecular flexibility index (Phi) is 11.0. The van der Waals surface area contributed by atoms with E-state index in [1.165, 1.54) is 12.8 Å². The van der Waals surface area contributed by atoms with E-state index in [0.717, 1.165) is 12.8 Å². The summed E-state index contributed by atoms with van der Waals surface area (Å²) >= 11 is 0. The third-order valence-corrected chi connectivity index (χ3v) is 8.64. The smallest absolute Gasteiger partial charge is 0.193 e. The molecule has 0 aliphatic carbocycles. The predicted molar refractivity (Wildman–Crippen MR) is 103 cm³/mol. The van der Waals surface area contributed by atoms with E-state index < -0.39 is 14.4 Å². The fraction of sp³-hybridized carbons (Fsp3) is 0.700. The molecule has 23 heavy (non-hydrogen) atoms. The van der Waals surface area contributed by atoms with Crippen LogP contribution in [0.5, 0.6) is 0 Å². The standard InChI is InChI=1S/C20H34O2Si/c1-7-8-9-10-11-13-16-19(21)17-14-12-15-18-22-23(5,6)20(2,3)4/h14,17,19,21H,7-10,16,18H2,1-6H3/b17-14+. The zero-order chi connectivity index (χ0) is 17.8. The number of hydrogen-bond acceptors (Lipinski definition) is 2. The first-order valence-electron chi connectivity index (χ1n) is 8.63. The molecule has 1 unspecified atom stereocenters. The Bertz CT molecular complexity index is 464. The van der Waals surface area contributed by atoms with Crippen molar-refractivity contribution in [3.05, 3.63) is 12.2 Å². The second kappa shape index (κ2) is 11.5. The molecule has 0 aromatic heterocycles. The Balaban J connectivity index is 4.02. The molecule has 0 bridgehead atoms. The zero-order valence-corrected chi connectivity index (χ0v) is 16.8. The van der Waals surface area contributed by atoms with E-state index in [1.54, 1.807) is 12.2 Å². The van der Waals surface area contributed by atoms with Gasteiger partial charge in [-0.1, -0.05) is 52.4 Å². The van der Waals surface area contributed by atoms with E-state index in [4.69, 9.17) is 4.43 Å². The van der Waals surface area contributed by atoms with E-state index in [2.05, 4.69) is 64.5 Å². The first kappa shape index (κ1) is 22.0. The highest BCUT2D eigenvalue weighted by molar-refractivity contribution is 6.74. The molecule has 0 aliphatic heterocycles. The van der Waals surface area contributed by atoms with Crippen LogP contribution >= 0.6 is 0 Å². The lowest BCUT2D eigenvalue weighted by Crippen LogP contribution is -2.40. The lowest BCUT2D eigenvalue weighted by molar-refractivity contribution is 0.229. The number of rotatable bonds is 7. The van der Waals surface area contributed by atoms with Crippen LogP contribution in [0, 0.1) is 23.7 Å². The van der Waals surface area contributed by atoms with Crippen molar-refractivity contribution in [3.8, 4) is 23.7 Å². The van der Waals surface area contributed by atoms with E-state index >= 15 is 0 Å². The van der Waals surface area contributed by atoms with Crippen LogP contribution in [-0.4, -0.2) is 26.1 Å². The molecule has 1 N–H and O–H groups in total. The average Bonchev–Trinajstić information content (AvgIpc) is 2.45. The number of unbranched alkanes of at least 4 members (excludes halogenated alkanes) is 3. The third-order valence-electron chi connectivity index (χ3n) is 4.16. The summed E-state index contributed by atoms with van der Waals surface area (Å²) in [4.78, 5) is 0. The molecule has 0 rings (SSSR count). The van der Waals surface area contributed by atoms with Gasteiger partial charge in [0.05, 0.1) is 12.7 Å². The van der Waals surface area contributed by atoms with Gasteiger partial charge in [-0.05, 0) is 36.7 Å². The minimum absolute atomic E-state index is 0.205. The van der Waals surface area contributed by atoms with Gasteiger partial charge in [-0.15, -0.1) is 11.8 Å². The highest BCUT2D eigenvalue weighted by Crippen LogP contribution is 2.36. The second-order valence-corrected chi connectivity index (χ2v) is 12.1. The van der Waals surface area contributed by atoms with Crippen LogP contribution in [-0.2, 0) is 4.43 Å². The minimum atomic E-state index is -1.71. The molecule has 0 radical (unpaired) electrons. The maximum atomic E-state index is 9.76. The van der Waals surface area contributed by atoms with Gasteiger partial charge < -0.3 is 9.53 Å². The van der Waals surface area contributed by atoms with Gasteiger partial charge in [0.2, 0.25) is 0 Å². The summed E-state index contributed by atoms with van der Waals surface area (Å²) in [5.74, 6) is 12.0. The summed E-state index contributed by atoms with van der Waals surface area (Å²) in [5.41, 5.74) is 0. The van der Waals surface area contributed by atoms with Crippen LogP contribution in [0.4, 0.5) is 0 Å². The van der Waals surface area contributed by atoms with Crippen LogP contribution in [0.1, 0.15) is 59.8 Å². The predicted octanol–water partition coefficient (Wildman–Crippen LogP) is 4.90. The van der Waals surface area contributed by atoms with Crippen molar-refractivity contribution in [2.24, 2.45) is 0 Å². The summed E-state index contributed by atoms with van der Waals surface area (Å²) < 4.78 is 5.96. The Morgan fingerprint density at radius 2 is 1.83 bits per heavy atom. The van der Waals surface area contributed by atoms with Crippen molar-refractivity contribution in [3.63, 3.8) is 0 Å². The van der Waals surface area contributed by atoms with Crippen molar-refractivity contribution in [1.29, 1.82) is 0 Å². The van der Waals surface area contributed by atoms with Crippen molar-refractivity contribution >= 4 is 8.32 Å². The molecule has 2 nitrogen and oxygen atoms in total. The highest BCUT2D eigenvalue weighted by Gasteiger charge is 2.36. The van der Waals surface area contributed by atoms with Crippen LogP contribution < -0.4 is 0 Å². The zero-order valence-electron chi connectivity index (χ0n) is 15.8. The molecule has 3 heteroatoms. The SMILES string of the molecule is CCCCCC#CCC(O)/C=C/C#CCO[Si](C)(C)C(C)(C)C. The third kappa shape index (κ3) is 11.2. The van der Waals surface area contributed by atoms with Gasteiger partial charge in [-0.25, -0.2) is 0 Å². The minimum Gasteiger partial charge on any atom is -0.406 e. The van der Waals surface area contributed by atoms with Gasteiger partial charge >= 0.3 is 0 Å². The number of aliphatic hydroxyl groups is 1. The molecule has 0 fully saturated rings. The van der Waals surface area contributed by atoms with Gasteiger partial charge in [0, 0.05) is 12.8 Å². The summed E-state index contributed by atoms with van der Waals surface area (Å²) in [5, 5.41) is 9.97. The molecule has 0 aliphatic rings. The van der Waals surface area contributed by atoms with Crippen LogP contribution in [0.3, 0.4) is 0 Å². The molecular weight excluding hydrogens is 300 g/mol. The molecule has 0 saturated heterocycles. The van der Waals surface area contributed by atoms with E-state index in [-0.39, 0.29) is 5.04 Å². The van der Waals surface area contributed by atoms with Gasteiger partial charge in [-0.3, -0.25) is 0 Å².